The molecule has 0 aliphatic heterocycles. The standard InChI is InChI=1S/C16H24N4O2S/c1-4-13-12(14(5-2)20(3)19-13)8-17-16(22)18-9-15(21)11-6-7-23-10-11/h6-7,10,15,21H,4-5,8-9H2,1-3H3,(H2,17,18,22). The number of rotatable bonds is 7. The molecule has 7 heteroatoms. The van der Waals surface area contributed by atoms with Crippen molar-refractivity contribution in [2.45, 2.75) is 39.3 Å². The number of aryl methyl sites for hydroxylation is 2. The average Bonchev–Trinajstić information content (AvgIpc) is 3.17. The quantitative estimate of drug-likeness (QED) is 0.725. The minimum absolute atomic E-state index is 0.191. The van der Waals surface area contributed by atoms with E-state index in [0.717, 1.165) is 35.4 Å². The molecule has 0 aliphatic carbocycles. The molecule has 2 heterocycles. The van der Waals surface area contributed by atoms with Crippen LogP contribution in [0.5, 0.6) is 0 Å². The number of nitrogens with zero attached hydrogens (tertiary/aromatic N) is 2. The summed E-state index contributed by atoms with van der Waals surface area (Å²) in [7, 11) is 1.93. The first-order valence-corrected chi connectivity index (χ1v) is 8.76. The minimum Gasteiger partial charge on any atom is -0.387 e. The Morgan fingerprint density at radius 1 is 1.39 bits per heavy atom. The number of carbonyl (C=O) groups is 1. The summed E-state index contributed by atoms with van der Waals surface area (Å²) >= 11 is 1.52. The van der Waals surface area contributed by atoms with E-state index >= 15 is 0 Å². The number of thiophene rings is 1. The van der Waals surface area contributed by atoms with Gasteiger partial charge < -0.3 is 15.7 Å². The van der Waals surface area contributed by atoms with E-state index in [1.165, 1.54) is 11.3 Å². The summed E-state index contributed by atoms with van der Waals surface area (Å²) in [5.74, 6) is 0. The van der Waals surface area contributed by atoms with Gasteiger partial charge in [0, 0.05) is 31.4 Å². The lowest BCUT2D eigenvalue weighted by Gasteiger charge is -2.12. The molecule has 0 spiro atoms. The summed E-state index contributed by atoms with van der Waals surface area (Å²) in [6.45, 7) is 4.78. The predicted molar refractivity (Wildman–Crippen MR) is 91.5 cm³/mol. The molecule has 3 N–H and O–H groups in total. The van der Waals surface area contributed by atoms with Crippen molar-refractivity contribution < 1.29 is 9.90 Å². The zero-order valence-corrected chi connectivity index (χ0v) is 14.6. The highest BCUT2D eigenvalue weighted by molar-refractivity contribution is 7.07. The van der Waals surface area contributed by atoms with Gasteiger partial charge in [-0.15, -0.1) is 0 Å². The molecule has 126 valence electrons. The van der Waals surface area contributed by atoms with Crippen LogP contribution in [-0.2, 0) is 26.4 Å². The second kappa shape index (κ2) is 8.12. The zero-order valence-electron chi connectivity index (χ0n) is 13.8. The molecule has 0 bridgehead atoms. The van der Waals surface area contributed by atoms with Gasteiger partial charge in [-0.3, -0.25) is 4.68 Å². The number of amides is 2. The van der Waals surface area contributed by atoms with Crippen LogP contribution in [0.25, 0.3) is 0 Å². The Hall–Kier alpha value is -1.86. The molecule has 6 nitrogen and oxygen atoms in total. The normalized spacial score (nSPS) is 12.2. The first-order valence-electron chi connectivity index (χ1n) is 7.82. The van der Waals surface area contributed by atoms with E-state index < -0.39 is 6.10 Å². The van der Waals surface area contributed by atoms with Gasteiger partial charge in [0.05, 0.1) is 11.8 Å². The van der Waals surface area contributed by atoms with E-state index in [4.69, 9.17) is 0 Å². The second-order valence-electron chi connectivity index (χ2n) is 5.34. The Morgan fingerprint density at radius 2 is 2.17 bits per heavy atom. The van der Waals surface area contributed by atoms with Gasteiger partial charge in [0.1, 0.15) is 0 Å². The van der Waals surface area contributed by atoms with Gasteiger partial charge in [-0.1, -0.05) is 13.8 Å². The summed E-state index contributed by atoms with van der Waals surface area (Å²) in [4.78, 5) is 11.9. The van der Waals surface area contributed by atoms with E-state index in [1.54, 1.807) is 0 Å². The van der Waals surface area contributed by atoms with E-state index in [9.17, 15) is 9.90 Å². The number of carbonyl (C=O) groups excluding carboxylic acids is 1. The van der Waals surface area contributed by atoms with Crippen molar-refractivity contribution in [3.8, 4) is 0 Å². The Bertz CT molecular complexity index is 637. The number of hydrogen-bond donors (Lipinski definition) is 3. The lowest BCUT2D eigenvalue weighted by molar-refractivity contribution is 0.173. The van der Waals surface area contributed by atoms with E-state index in [-0.39, 0.29) is 12.6 Å². The van der Waals surface area contributed by atoms with Gasteiger partial charge in [-0.2, -0.15) is 16.4 Å². The Balaban J connectivity index is 1.87. The van der Waals surface area contributed by atoms with Crippen LogP contribution < -0.4 is 10.6 Å². The van der Waals surface area contributed by atoms with Crippen LogP contribution in [0.2, 0.25) is 0 Å². The molecule has 2 amide bonds. The smallest absolute Gasteiger partial charge is 0.315 e. The number of aromatic nitrogens is 2. The minimum atomic E-state index is -0.678. The molecule has 0 fully saturated rings. The highest BCUT2D eigenvalue weighted by Crippen LogP contribution is 2.16. The van der Waals surface area contributed by atoms with Gasteiger partial charge in [0.25, 0.3) is 0 Å². The van der Waals surface area contributed by atoms with Gasteiger partial charge in [-0.25, -0.2) is 4.79 Å². The molecule has 0 saturated carbocycles. The SMILES string of the molecule is CCc1nn(C)c(CC)c1CNC(=O)NCC(O)c1ccsc1. The van der Waals surface area contributed by atoms with Crippen LogP contribution in [0.3, 0.4) is 0 Å². The molecular formula is C16H24N4O2S. The number of aliphatic hydroxyl groups excluding tert-OH is 1. The van der Waals surface area contributed by atoms with Gasteiger partial charge in [0.2, 0.25) is 0 Å². The van der Waals surface area contributed by atoms with Crippen molar-refractivity contribution in [1.82, 2.24) is 20.4 Å². The Labute approximate surface area is 140 Å². The number of hydrogen-bond acceptors (Lipinski definition) is 4. The van der Waals surface area contributed by atoms with E-state index in [0.29, 0.717) is 6.54 Å². The van der Waals surface area contributed by atoms with Crippen molar-refractivity contribution in [2.24, 2.45) is 7.05 Å². The first-order chi connectivity index (χ1) is 11.1. The molecule has 2 aromatic heterocycles. The van der Waals surface area contributed by atoms with Crippen LogP contribution in [0.4, 0.5) is 4.79 Å². The van der Waals surface area contributed by atoms with Gasteiger partial charge in [-0.05, 0) is 35.2 Å². The summed E-state index contributed by atoms with van der Waals surface area (Å²) in [6.07, 6.45) is 1.03. The van der Waals surface area contributed by atoms with Crippen LogP contribution in [0, 0.1) is 0 Å². The molecule has 2 aromatic rings. The Kier molecular flexibility index (Phi) is 6.18. The maximum absolute atomic E-state index is 11.9. The summed E-state index contributed by atoms with van der Waals surface area (Å²) in [5.41, 5.74) is 4.07. The lowest BCUT2D eigenvalue weighted by Crippen LogP contribution is -2.37. The maximum atomic E-state index is 11.9. The van der Waals surface area contributed by atoms with Gasteiger partial charge in [0.15, 0.2) is 0 Å². The summed E-state index contributed by atoms with van der Waals surface area (Å²) in [5, 5.41) is 23.8. The second-order valence-corrected chi connectivity index (χ2v) is 6.12. The highest BCUT2D eigenvalue weighted by Gasteiger charge is 2.15. The predicted octanol–water partition coefficient (Wildman–Crippen LogP) is 2.14. The fourth-order valence-electron chi connectivity index (χ4n) is 2.60. The molecule has 0 saturated heterocycles. The molecule has 1 atom stereocenters. The molecule has 2 rings (SSSR count). The van der Waals surface area contributed by atoms with Crippen molar-refractivity contribution in [1.29, 1.82) is 0 Å². The third-order valence-electron chi connectivity index (χ3n) is 3.84. The maximum Gasteiger partial charge on any atom is 0.315 e. The molecule has 1 unspecified atom stereocenters. The summed E-state index contributed by atoms with van der Waals surface area (Å²) < 4.78 is 1.88. The van der Waals surface area contributed by atoms with Crippen molar-refractivity contribution >= 4 is 17.4 Å². The van der Waals surface area contributed by atoms with E-state index in [1.807, 2.05) is 28.6 Å². The topological polar surface area (TPSA) is 79.2 Å². The largest absolute Gasteiger partial charge is 0.387 e. The monoisotopic (exact) mass is 336 g/mol. The van der Waals surface area contributed by atoms with Crippen LogP contribution in [0.1, 0.15) is 42.5 Å². The lowest BCUT2D eigenvalue weighted by atomic mass is 10.1. The third-order valence-corrected chi connectivity index (χ3v) is 4.54. The van der Waals surface area contributed by atoms with Crippen LogP contribution >= 0.6 is 11.3 Å². The Morgan fingerprint density at radius 3 is 2.78 bits per heavy atom. The molecular weight excluding hydrogens is 312 g/mol. The van der Waals surface area contributed by atoms with Crippen LogP contribution in [-0.4, -0.2) is 27.5 Å². The van der Waals surface area contributed by atoms with Crippen molar-refractivity contribution in [3.05, 3.63) is 39.3 Å². The zero-order chi connectivity index (χ0) is 16.8. The average molecular weight is 336 g/mol. The van der Waals surface area contributed by atoms with Crippen LogP contribution in [0.15, 0.2) is 16.8 Å². The third kappa shape index (κ3) is 4.33. The fourth-order valence-corrected chi connectivity index (χ4v) is 3.30. The fraction of sp³-hybridized carbons (Fsp3) is 0.500. The highest BCUT2D eigenvalue weighted by atomic mass is 32.1. The summed E-state index contributed by atoms with van der Waals surface area (Å²) in [6, 6.07) is 1.57. The number of aliphatic hydroxyl groups is 1. The van der Waals surface area contributed by atoms with Crippen molar-refractivity contribution in [2.75, 3.05) is 6.54 Å². The number of urea groups is 1. The number of nitrogens with one attached hydrogen (secondary N) is 2. The first kappa shape index (κ1) is 17.5. The molecule has 0 radical (unpaired) electrons. The van der Waals surface area contributed by atoms with Gasteiger partial charge >= 0.3 is 6.03 Å². The molecule has 0 aliphatic rings. The molecule has 0 aromatic carbocycles. The molecule has 23 heavy (non-hydrogen) atoms. The van der Waals surface area contributed by atoms with Crippen molar-refractivity contribution in [3.63, 3.8) is 0 Å². The van der Waals surface area contributed by atoms with E-state index in [2.05, 4.69) is 29.6 Å².